The lowest BCUT2D eigenvalue weighted by molar-refractivity contribution is 0.0743. The molecule has 4 rings (SSSR count). The number of hydrogen-bond donors (Lipinski definition) is 1. The summed E-state index contributed by atoms with van der Waals surface area (Å²) in [4.78, 5) is 6.67. The number of halogens is 3. The van der Waals surface area contributed by atoms with E-state index >= 15 is 0 Å². The van der Waals surface area contributed by atoms with Gasteiger partial charge in [0.05, 0.1) is 10.7 Å². The maximum absolute atomic E-state index is 12.9. The first-order valence-electron chi connectivity index (χ1n) is 9.32. The maximum Gasteiger partial charge on any atom is 0.242 e. The van der Waals surface area contributed by atoms with Gasteiger partial charge in [-0.3, -0.25) is 4.90 Å². The van der Waals surface area contributed by atoms with E-state index in [0.717, 1.165) is 47.9 Å². The van der Waals surface area contributed by atoms with Gasteiger partial charge in [0, 0.05) is 36.0 Å². The SMILES string of the molecule is N#Cc1cc2c(Br)c(NC3CCC(N4CCC(C(F)F)C4)CC3)ncc2o1. The van der Waals surface area contributed by atoms with Crippen LogP contribution >= 0.6 is 15.9 Å². The normalized spacial score (nSPS) is 26.6. The number of furan rings is 1. The van der Waals surface area contributed by atoms with E-state index in [1.807, 2.05) is 6.07 Å². The number of nitrogens with zero attached hydrogens (tertiary/aromatic N) is 3. The second-order valence-electron chi connectivity index (χ2n) is 7.45. The number of alkyl halides is 2. The van der Waals surface area contributed by atoms with Gasteiger partial charge in [0.25, 0.3) is 0 Å². The zero-order valence-electron chi connectivity index (χ0n) is 14.8. The lowest BCUT2D eigenvalue weighted by Crippen LogP contribution is -2.39. The van der Waals surface area contributed by atoms with E-state index in [1.165, 1.54) is 0 Å². The lowest BCUT2D eigenvalue weighted by atomic mass is 9.90. The zero-order chi connectivity index (χ0) is 19.0. The summed E-state index contributed by atoms with van der Waals surface area (Å²) in [6.45, 7) is 1.33. The summed E-state index contributed by atoms with van der Waals surface area (Å²) < 4.78 is 32.0. The maximum atomic E-state index is 12.9. The number of likely N-dealkylation sites (tertiary alicyclic amines) is 1. The van der Waals surface area contributed by atoms with Gasteiger partial charge in [-0.25, -0.2) is 13.8 Å². The van der Waals surface area contributed by atoms with Gasteiger partial charge in [-0.1, -0.05) is 0 Å². The van der Waals surface area contributed by atoms with Crippen LogP contribution in [0.5, 0.6) is 0 Å². The first-order valence-corrected chi connectivity index (χ1v) is 10.1. The minimum Gasteiger partial charge on any atom is -0.444 e. The van der Waals surface area contributed by atoms with Gasteiger partial charge in [-0.05, 0) is 54.6 Å². The molecule has 0 spiro atoms. The second kappa shape index (κ2) is 7.72. The van der Waals surface area contributed by atoms with Crippen molar-refractivity contribution < 1.29 is 13.2 Å². The summed E-state index contributed by atoms with van der Waals surface area (Å²) in [5, 5.41) is 13.3. The molecule has 0 bridgehead atoms. The highest BCUT2D eigenvalue weighted by Gasteiger charge is 2.34. The van der Waals surface area contributed by atoms with Crippen molar-refractivity contribution in [2.75, 3.05) is 18.4 Å². The minimum absolute atomic E-state index is 0.262. The van der Waals surface area contributed by atoms with Crippen molar-refractivity contribution >= 4 is 32.7 Å². The first kappa shape index (κ1) is 18.6. The standard InChI is InChI=1S/C19H21BrF2N4O/c20-17-15-7-14(8-23)27-16(15)9-24-19(17)25-12-1-3-13(4-2-12)26-6-5-11(10-26)18(21)22/h7,9,11-13,18H,1-6,10H2,(H,24,25). The van der Waals surface area contributed by atoms with Gasteiger partial charge in [-0.2, -0.15) is 5.26 Å². The fourth-order valence-electron chi connectivity index (χ4n) is 4.27. The van der Waals surface area contributed by atoms with Crippen LogP contribution in [0.3, 0.4) is 0 Å². The van der Waals surface area contributed by atoms with Gasteiger partial charge < -0.3 is 9.73 Å². The number of rotatable bonds is 4. The van der Waals surface area contributed by atoms with Crippen molar-refractivity contribution in [3.8, 4) is 6.07 Å². The van der Waals surface area contributed by atoms with Crippen LogP contribution in [0.25, 0.3) is 11.0 Å². The Hall–Kier alpha value is -1.72. The average molecular weight is 439 g/mol. The summed E-state index contributed by atoms with van der Waals surface area (Å²) in [6, 6.07) is 4.42. The Bertz CT molecular complexity index is 857. The lowest BCUT2D eigenvalue weighted by Gasteiger charge is -2.35. The highest BCUT2D eigenvalue weighted by atomic mass is 79.9. The number of nitrogens with one attached hydrogen (secondary N) is 1. The molecule has 1 saturated heterocycles. The smallest absolute Gasteiger partial charge is 0.242 e. The Kier molecular flexibility index (Phi) is 5.33. The van der Waals surface area contributed by atoms with Crippen molar-refractivity contribution in [1.29, 1.82) is 5.26 Å². The van der Waals surface area contributed by atoms with Crippen LogP contribution in [-0.2, 0) is 0 Å². The third-order valence-corrected chi connectivity index (χ3v) is 6.60. The Balaban J connectivity index is 1.36. The van der Waals surface area contributed by atoms with Crippen molar-refractivity contribution in [2.24, 2.45) is 5.92 Å². The average Bonchev–Trinajstić information content (AvgIpc) is 3.32. The van der Waals surface area contributed by atoms with Crippen LogP contribution in [0.1, 0.15) is 37.9 Å². The molecule has 0 amide bonds. The summed E-state index contributed by atoms with van der Waals surface area (Å²) in [6.07, 6.45) is 4.04. The molecule has 0 radical (unpaired) electrons. The highest BCUT2D eigenvalue weighted by molar-refractivity contribution is 9.10. The van der Waals surface area contributed by atoms with Crippen molar-refractivity contribution in [1.82, 2.24) is 9.88 Å². The van der Waals surface area contributed by atoms with Crippen LogP contribution in [0.4, 0.5) is 14.6 Å². The Morgan fingerprint density at radius 1 is 1.30 bits per heavy atom. The van der Waals surface area contributed by atoms with Crippen LogP contribution in [-0.4, -0.2) is 41.5 Å². The van der Waals surface area contributed by atoms with Gasteiger partial charge in [-0.15, -0.1) is 0 Å². The third kappa shape index (κ3) is 3.81. The molecule has 1 aliphatic heterocycles. The van der Waals surface area contributed by atoms with E-state index in [9.17, 15) is 8.78 Å². The largest absolute Gasteiger partial charge is 0.444 e. The monoisotopic (exact) mass is 438 g/mol. The molecule has 1 aliphatic carbocycles. The number of pyridine rings is 1. The predicted molar refractivity (Wildman–Crippen MR) is 102 cm³/mol. The molecule has 2 aliphatic rings. The highest BCUT2D eigenvalue weighted by Crippen LogP contribution is 2.35. The van der Waals surface area contributed by atoms with Crippen LogP contribution in [0.15, 0.2) is 21.2 Å². The van der Waals surface area contributed by atoms with E-state index in [-0.39, 0.29) is 5.76 Å². The van der Waals surface area contributed by atoms with E-state index in [0.29, 0.717) is 30.6 Å². The molecule has 2 fully saturated rings. The summed E-state index contributed by atoms with van der Waals surface area (Å²) >= 11 is 3.56. The molecule has 8 heteroatoms. The van der Waals surface area contributed by atoms with Gasteiger partial charge >= 0.3 is 0 Å². The molecule has 1 saturated carbocycles. The van der Waals surface area contributed by atoms with Gasteiger partial charge in [0.2, 0.25) is 12.2 Å². The van der Waals surface area contributed by atoms with Crippen molar-refractivity contribution in [3.05, 3.63) is 22.5 Å². The molecule has 0 aromatic carbocycles. The number of fused-ring (bicyclic) bond motifs is 1. The van der Waals surface area contributed by atoms with Crippen LogP contribution < -0.4 is 5.32 Å². The first-order chi connectivity index (χ1) is 13.0. The molecule has 2 aromatic rings. The zero-order valence-corrected chi connectivity index (χ0v) is 16.4. The number of nitriles is 1. The fourth-order valence-corrected chi connectivity index (χ4v) is 4.79. The van der Waals surface area contributed by atoms with Gasteiger partial charge in [0.15, 0.2) is 5.58 Å². The van der Waals surface area contributed by atoms with E-state index in [1.54, 1.807) is 12.3 Å². The molecule has 1 atom stereocenters. The van der Waals surface area contributed by atoms with Crippen molar-refractivity contribution in [3.63, 3.8) is 0 Å². The Morgan fingerprint density at radius 2 is 2.07 bits per heavy atom. The number of anilines is 1. The molecule has 2 aromatic heterocycles. The number of hydrogen-bond acceptors (Lipinski definition) is 5. The summed E-state index contributed by atoms with van der Waals surface area (Å²) in [5.74, 6) is 0.550. The Morgan fingerprint density at radius 3 is 2.74 bits per heavy atom. The molecular formula is C19H21BrF2N4O. The summed E-state index contributed by atoms with van der Waals surface area (Å²) in [7, 11) is 0. The van der Waals surface area contributed by atoms with Crippen LogP contribution in [0.2, 0.25) is 0 Å². The molecule has 5 nitrogen and oxygen atoms in total. The Labute approximate surface area is 164 Å². The quantitative estimate of drug-likeness (QED) is 0.744. The molecule has 1 unspecified atom stereocenters. The summed E-state index contributed by atoms with van der Waals surface area (Å²) in [5.41, 5.74) is 0.579. The predicted octanol–water partition coefficient (Wildman–Crippen LogP) is 4.77. The molecule has 27 heavy (non-hydrogen) atoms. The minimum atomic E-state index is -2.20. The fraction of sp³-hybridized carbons (Fsp3) is 0.579. The third-order valence-electron chi connectivity index (χ3n) is 5.79. The van der Waals surface area contributed by atoms with Crippen molar-refractivity contribution in [2.45, 2.75) is 50.6 Å². The molecule has 144 valence electrons. The number of aromatic nitrogens is 1. The topological polar surface area (TPSA) is 65.1 Å². The van der Waals surface area contributed by atoms with E-state index in [2.05, 4.69) is 31.1 Å². The van der Waals surface area contributed by atoms with Crippen LogP contribution in [0, 0.1) is 17.2 Å². The van der Waals surface area contributed by atoms with Gasteiger partial charge in [0.1, 0.15) is 11.9 Å². The van der Waals surface area contributed by atoms with E-state index < -0.39 is 12.3 Å². The van der Waals surface area contributed by atoms with E-state index in [4.69, 9.17) is 9.68 Å². The molecule has 1 N–H and O–H groups in total. The molecular weight excluding hydrogens is 418 g/mol. The molecule has 3 heterocycles. The second-order valence-corrected chi connectivity index (χ2v) is 8.24.